The number of halogens is 1. The molecule has 0 atom stereocenters. The van der Waals surface area contributed by atoms with Crippen molar-refractivity contribution >= 4 is 35.3 Å². The molecule has 0 unspecified atom stereocenters. The highest BCUT2D eigenvalue weighted by atomic mass is 35.5. The van der Waals surface area contributed by atoms with Gasteiger partial charge >= 0.3 is 0 Å². The van der Waals surface area contributed by atoms with E-state index in [0.29, 0.717) is 6.10 Å². The second-order valence-corrected chi connectivity index (χ2v) is 6.67. The zero-order chi connectivity index (χ0) is 16.5. The molecule has 0 bridgehead atoms. The molecule has 1 aromatic heterocycles. The van der Waals surface area contributed by atoms with Crippen LogP contribution in [0.3, 0.4) is 0 Å². The molecule has 1 aliphatic heterocycles. The summed E-state index contributed by atoms with van der Waals surface area (Å²) in [7, 11) is 1.68. The summed E-state index contributed by atoms with van der Waals surface area (Å²) < 4.78 is 11.7. The van der Waals surface area contributed by atoms with Gasteiger partial charge in [-0.2, -0.15) is 0 Å². The Morgan fingerprint density at radius 2 is 1.96 bits per heavy atom. The van der Waals surface area contributed by atoms with Crippen LogP contribution in [0.1, 0.15) is 36.8 Å². The molecule has 4 nitrogen and oxygen atoms in total. The van der Waals surface area contributed by atoms with Crippen molar-refractivity contribution in [1.29, 1.82) is 0 Å². The normalized spacial score (nSPS) is 16.5. The molecule has 1 fully saturated rings. The molecule has 2 aromatic rings. The summed E-state index contributed by atoms with van der Waals surface area (Å²) in [5.74, 6) is 1.58. The Labute approximate surface area is 159 Å². The molecule has 1 saturated carbocycles. The number of thiocarbonyl (C=S) groups is 1. The predicted molar refractivity (Wildman–Crippen MR) is 105 cm³/mol. The predicted octanol–water partition coefficient (Wildman–Crippen LogP) is 4.53. The molecular formula is C19H21ClN2O2S. The number of methoxy groups -OCH3 is 1. The van der Waals surface area contributed by atoms with Crippen LogP contribution < -0.4 is 14.4 Å². The summed E-state index contributed by atoms with van der Waals surface area (Å²) in [6.45, 7) is 0.747. The van der Waals surface area contributed by atoms with Crippen molar-refractivity contribution in [2.75, 3.05) is 12.0 Å². The third-order valence-corrected chi connectivity index (χ3v) is 5.20. The minimum absolute atomic E-state index is 0. The van der Waals surface area contributed by atoms with Gasteiger partial charge in [0, 0.05) is 35.3 Å². The summed E-state index contributed by atoms with van der Waals surface area (Å²) in [4.78, 5) is 7.17. The molecule has 25 heavy (non-hydrogen) atoms. The van der Waals surface area contributed by atoms with Crippen molar-refractivity contribution < 1.29 is 9.47 Å². The van der Waals surface area contributed by atoms with Crippen LogP contribution in [0.25, 0.3) is 0 Å². The third-order valence-electron chi connectivity index (χ3n) is 4.76. The number of benzene rings is 1. The van der Waals surface area contributed by atoms with Gasteiger partial charge in [0.15, 0.2) is 11.5 Å². The molecule has 0 saturated heterocycles. The molecule has 0 radical (unpaired) electrons. The summed E-state index contributed by atoms with van der Waals surface area (Å²) in [6.07, 6.45) is 8.69. The molecule has 2 heterocycles. The first-order valence-electron chi connectivity index (χ1n) is 8.35. The highest BCUT2D eigenvalue weighted by Crippen LogP contribution is 2.37. The van der Waals surface area contributed by atoms with Crippen LogP contribution in [-0.2, 0) is 6.54 Å². The Morgan fingerprint density at radius 3 is 2.68 bits per heavy atom. The van der Waals surface area contributed by atoms with Gasteiger partial charge in [0.1, 0.15) is 4.99 Å². The van der Waals surface area contributed by atoms with Crippen LogP contribution in [-0.4, -0.2) is 23.2 Å². The van der Waals surface area contributed by atoms with Crippen LogP contribution in [0.4, 0.5) is 5.69 Å². The maximum absolute atomic E-state index is 6.20. The molecule has 6 heteroatoms. The quantitative estimate of drug-likeness (QED) is 0.732. The highest BCUT2D eigenvalue weighted by Gasteiger charge is 2.26. The number of nitrogens with zero attached hydrogens (tertiary/aromatic N) is 2. The van der Waals surface area contributed by atoms with Crippen molar-refractivity contribution in [3.05, 3.63) is 47.8 Å². The first-order valence-corrected chi connectivity index (χ1v) is 8.76. The fourth-order valence-electron chi connectivity index (χ4n) is 3.47. The van der Waals surface area contributed by atoms with Gasteiger partial charge in [-0.3, -0.25) is 4.98 Å². The van der Waals surface area contributed by atoms with Crippen molar-refractivity contribution in [3.63, 3.8) is 0 Å². The van der Waals surface area contributed by atoms with Crippen LogP contribution in [0.2, 0.25) is 0 Å². The second-order valence-electron chi connectivity index (χ2n) is 6.28. The Morgan fingerprint density at radius 1 is 1.16 bits per heavy atom. The first-order chi connectivity index (χ1) is 11.8. The van der Waals surface area contributed by atoms with Gasteiger partial charge < -0.3 is 14.4 Å². The van der Waals surface area contributed by atoms with Crippen molar-refractivity contribution in [2.24, 2.45) is 0 Å². The first kappa shape index (κ1) is 18.0. The lowest BCUT2D eigenvalue weighted by Gasteiger charge is -2.21. The zero-order valence-electron chi connectivity index (χ0n) is 14.1. The Bertz CT molecular complexity index is 778. The van der Waals surface area contributed by atoms with E-state index in [1.807, 2.05) is 30.5 Å². The molecule has 132 valence electrons. The number of hydrogen-bond acceptors (Lipinski definition) is 4. The standard InChI is InChI=1S/C19H20N2O2S.ClH/c1-22-17-7-6-14(10-18(17)23-15-4-2-3-5-15)21-12-13-11-20-9-8-16(13)19(21)24;/h6-11,15H,2-5,12H2,1H3;1H. The van der Waals surface area contributed by atoms with Gasteiger partial charge in [0.2, 0.25) is 0 Å². The van der Waals surface area contributed by atoms with Gasteiger partial charge in [-0.1, -0.05) is 12.2 Å². The van der Waals surface area contributed by atoms with Crippen LogP contribution in [0, 0.1) is 0 Å². The third kappa shape index (κ3) is 3.44. The van der Waals surface area contributed by atoms with Gasteiger partial charge in [-0.05, 0) is 43.9 Å². The van der Waals surface area contributed by atoms with E-state index in [0.717, 1.165) is 52.7 Å². The second kappa shape index (κ2) is 7.58. The Kier molecular flexibility index (Phi) is 5.45. The highest BCUT2D eigenvalue weighted by molar-refractivity contribution is 7.81. The minimum Gasteiger partial charge on any atom is -0.493 e. The summed E-state index contributed by atoms with van der Waals surface area (Å²) in [6, 6.07) is 8.02. The maximum Gasteiger partial charge on any atom is 0.163 e. The van der Waals surface area contributed by atoms with E-state index >= 15 is 0 Å². The number of pyridine rings is 1. The fourth-order valence-corrected chi connectivity index (χ4v) is 3.84. The molecule has 0 N–H and O–H groups in total. The van der Waals surface area contributed by atoms with Crippen LogP contribution in [0.15, 0.2) is 36.7 Å². The summed E-state index contributed by atoms with van der Waals surface area (Å²) in [5, 5.41) is 0. The largest absolute Gasteiger partial charge is 0.493 e. The fraction of sp³-hybridized carbons (Fsp3) is 0.368. The molecule has 2 aliphatic rings. The summed E-state index contributed by atoms with van der Waals surface area (Å²) in [5.41, 5.74) is 3.29. The number of fused-ring (bicyclic) bond motifs is 1. The average Bonchev–Trinajstić information content (AvgIpc) is 3.23. The van der Waals surface area contributed by atoms with Crippen molar-refractivity contribution in [2.45, 2.75) is 38.3 Å². The maximum atomic E-state index is 6.20. The number of ether oxygens (including phenoxy) is 2. The van der Waals surface area contributed by atoms with Gasteiger partial charge in [-0.15, -0.1) is 12.4 Å². The van der Waals surface area contributed by atoms with E-state index in [1.54, 1.807) is 13.3 Å². The Balaban J connectivity index is 0.00000182. The van der Waals surface area contributed by atoms with Gasteiger partial charge in [0.25, 0.3) is 0 Å². The van der Waals surface area contributed by atoms with E-state index < -0.39 is 0 Å². The number of hydrogen-bond donors (Lipinski definition) is 0. The number of anilines is 1. The molecule has 0 amide bonds. The number of rotatable bonds is 4. The lowest BCUT2D eigenvalue weighted by atomic mass is 10.2. The minimum atomic E-state index is 0. The SMILES string of the molecule is COc1ccc(N2Cc3cnccc3C2=S)cc1OC1CCCC1.Cl. The average molecular weight is 377 g/mol. The van der Waals surface area contributed by atoms with Gasteiger partial charge in [-0.25, -0.2) is 0 Å². The van der Waals surface area contributed by atoms with E-state index in [-0.39, 0.29) is 12.4 Å². The summed E-state index contributed by atoms with van der Waals surface area (Å²) >= 11 is 5.65. The van der Waals surface area contributed by atoms with Crippen LogP contribution in [0.5, 0.6) is 11.5 Å². The monoisotopic (exact) mass is 376 g/mol. The topological polar surface area (TPSA) is 34.6 Å². The van der Waals surface area contributed by atoms with E-state index in [1.165, 1.54) is 12.8 Å². The molecule has 1 aromatic carbocycles. The van der Waals surface area contributed by atoms with E-state index in [2.05, 4.69) is 9.88 Å². The van der Waals surface area contributed by atoms with Crippen molar-refractivity contribution in [3.8, 4) is 11.5 Å². The van der Waals surface area contributed by atoms with Gasteiger partial charge in [0.05, 0.1) is 19.8 Å². The zero-order valence-corrected chi connectivity index (χ0v) is 15.7. The van der Waals surface area contributed by atoms with Crippen LogP contribution >= 0.6 is 24.6 Å². The molecule has 0 spiro atoms. The molecule has 1 aliphatic carbocycles. The molecule has 4 rings (SSSR count). The molecular weight excluding hydrogens is 356 g/mol. The number of aromatic nitrogens is 1. The van der Waals surface area contributed by atoms with E-state index in [4.69, 9.17) is 21.7 Å². The lowest BCUT2D eigenvalue weighted by Crippen LogP contribution is -2.22. The Hall–Kier alpha value is -1.85. The smallest absolute Gasteiger partial charge is 0.163 e. The lowest BCUT2D eigenvalue weighted by molar-refractivity contribution is 0.201. The van der Waals surface area contributed by atoms with Crippen molar-refractivity contribution in [1.82, 2.24) is 4.98 Å². The van der Waals surface area contributed by atoms with E-state index in [9.17, 15) is 0 Å².